The third-order valence-corrected chi connectivity index (χ3v) is 4.38. The van der Waals surface area contributed by atoms with Crippen LogP contribution >= 0.6 is 0 Å². The first-order valence-electron chi connectivity index (χ1n) is 7.56. The number of rotatable bonds is 5. The summed E-state index contributed by atoms with van der Waals surface area (Å²) in [4.78, 5) is 2.37. The molecule has 4 heteroatoms. The van der Waals surface area contributed by atoms with Crippen molar-refractivity contribution in [2.45, 2.75) is 31.7 Å². The van der Waals surface area contributed by atoms with E-state index in [2.05, 4.69) is 11.9 Å². The second-order valence-electron chi connectivity index (χ2n) is 6.09. The summed E-state index contributed by atoms with van der Waals surface area (Å²) in [6, 6.07) is 6.03. The van der Waals surface area contributed by atoms with Crippen molar-refractivity contribution in [3.63, 3.8) is 0 Å². The fourth-order valence-electron chi connectivity index (χ4n) is 3.29. The Bertz CT molecular complexity index is 458. The smallest absolute Gasteiger partial charge is 0.231 e. The molecule has 2 N–H and O–H groups in total. The molecule has 1 fully saturated rings. The van der Waals surface area contributed by atoms with Crippen LogP contribution in [-0.4, -0.2) is 31.8 Å². The second kappa shape index (κ2) is 6.02. The summed E-state index contributed by atoms with van der Waals surface area (Å²) < 4.78 is 10.7. The van der Waals surface area contributed by atoms with Crippen LogP contribution in [0, 0.1) is 5.92 Å². The molecule has 1 aliphatic heterocycles. The number of nitrogens with two attached hydrogens (primary N) is 1. The molecule has 110 valence electrons. The third kappa shape index (κ3) is 3.07. The molecule has 1 atom stereocenters. The van der Waals surface area contributed by atoms with Gasteiger partial charge in [0.2, 0.25) is 6.79 Å². The molecule has 20 heavy (non-hydrogen) atoms. The molecule has 0 amide bonds. The summed E-state index contributed by atoms with van der Waals surface area (Å²) in [5.74, 6) is 2.50. The van der Waals surface area contributed by atoms with Crippen molar-refractivity contribution in [2.24, 2.45) is 11.7 Å². The van der Waals surface area contributed by atoms with Gasteiger partial charge in [-0.2, -0.15) is 0 Å². The van der Waals surface area contributed by atoms with Crippen LogP contribution < -0.4 is 15.2 Å². The average Bonchev–Trinajstić information content (AvgIpc) is 3.07. The standard InChI is InChI=1S/C16H24N2O2/c1-18(9-12-4-2-3-5-12)10-14(17)13-6-7-15-16(8-13)20-11-19-15/h6-8,12,14H,2-5,9-11,17H2,1H3. The Labute approximate surface area is 120 Å². The van der Waals surface area contributed by atoms with Crippen LogP contribution in [0.2, 0.25) is 0 Å². The first-order chi connectivity index (χ1) is 9.72. The predicted octanol–water partition coefficient (Wildman–Crippen LogP) is 2.54. The highest BCUT2D eigenvalue weighted by atomic mass is 16.7. The number of fused-ring (bicyclic) bond motifs is 1. The topological polar surface area (TPSA) is 47.7 Å². The van der Waals surface area contributed by atoms with Crippen LogP contribution in [0.3, 0.4) is 0 Å². The van der Waals surface area contributed by atoms with Gasteiger partial charge in [0.15, 0.2) is 11.5 Å². The zero-order chi connectivity index (χ0) is 13.9. The van der Waals surface area contributed by atoms with Crippen molar-refractivity contribution in [1.29, 1.82) is 0 Å². The Kier molecular flexibility index (Phi) is 4.13. The van der Waals surface area contributed by atoms with Crippen LogP contribution in [0.4, 0.5) is 0 Å². The SMILES string of the molecule is CN(CC1CCCC1)CC(N)c1ccc2c(c1)OCO2. The number of hydrogen-bond donors (Lipinski definition) is 1. The molecule has 1 aromatic rings. The van der Waals surface area contributed by atoms with E-state index < -0.39 is 0 Å². The van der Waals surface area contributed by atoms with E-state index in [4.69, 9.17) is 15.2 Å². The van der Waals surface area contributed by atoms with E-state index >= 15 is 0 Å². The molecule has 2 aliphatic rings. The number of likely N-dealkylation sites (N-methyl/N-ethyl adjacent to an activating group) is 1. The highest BCUT2D eigenvalue weighted by Gasteiger charge is 2.20. The van der Waals surface area contributed by atoms with Crippen LogP contribution in [0.5, 0.6) is 11.5 Å². The van der Waals surface area contributed by atoms with E-state index in [0.29, 0.717) is 6.79 Å². The highest BCUT2D eigenvalue weighted by Crippen LogP contribution is 2.34. The van der Waals surface area contributed by atoms with Crippen molar-refractivity contribution in [2.75, 3.05) is 26.9 Å². The van der Waals surface area contributed by atoms with Gasteiger partial charge in [-0.1, -0.05) is 18.9 Å². The van der Waals surface area contributed by atoms with Gasteiger partial charge in [0.05, 0.1) is 0 Å². The second-order valence-corrected chi connectivity index (χ2v) is 6.09. The molecule has 4 nitrogen and oxygen atoms in total. The van der Waals surface area contributed by atoms with E-state index in [9.17, 15) is 0 Å². The van der Waals surface area contributed by atoms with E-state index in [1.807, 2.05) is 18.2 Å². The maximum Gasteiger partial charge on any atom is 0.231 e. The van der Waals surface area contributed by atoms with Gasteiger partial charge >= 0.3 is 0 Å². The first kappa shape index (κ1) is 13.7. The lowest BCUT2D eigenvalue weighted by Gasteiger charge is -2.24. The van der Waals surface area contributed by atoms with Crippen molar-refractivity contribution < 1.29 is 9.47 Å². The van der Waals surface area contributed by atoms with E-state index in [1.54, 1.807) is 0 Å². The Morgan fingerprint density at radius 1 is 1.25 bits per heavy atom. The molecular weight excluding hydrogens is 252 g/mol. The Morgan fingerprint density at radius 3 is 2.80 bits per heavy atom. The Morgan fingerprint density at radius 2 is 2.00 bits per heavy atom. The van der Waals surface area contributed by atoms with Gasteiger partial charge in [0.25, 0.3) is 0 Å². The monoisotopic (exact) mass is 276 g/mol. The Hall–Kier alpha value is -1.26. The van der Waals surface area contributed by atoms with E-state index in [0.717, 1.165) is 36.1 Å². The first-order valence-corrected chi connectivity index (χ1v) is 7.56. The van der Waals surface area contributed by atoms with Gasteiger partial charge < -0.3 is 20.1 Å². The lowest BCUT2D eigenvalue weighted by atomic mass is 10.0. The molecule has 0 aromatic heterocycles. The van der Waals surface area contributed by atoms with Crippen LogP contribution in [0.25, 0.3) is 0 Å². The molecule has 1 aliphatic carbocycles. The van der Waals surface area contributed by atoms with Crippen molar-refractivity contribution in [3.05, 3.63) is 23.8 Å². The van der Waals surface area contributed by atoms with Crippen LogP contribution in [0.1, 0.15) is 37.3 Å². The predicted molar refractivity (Wildman–Crippen MR) is 78.9 cm³/mol. The summed E-state index contributed by atoms with van der Waals surface area (Å²) in [5.41, 5.74) is 7.44. The van der Waals surface area contributed by atoms with Gasteiger partial charge in [-0.15, -0.1) is 0 Å². The Balaban J connectivity index is 1.56. The van der Waals surface area contributed by atoms with Crippen molar-refractivity contribution in [1.82, 2.24) is 4.90 Å². The fraction of sp³-hybridized carbons (Fsp3) is 0.625. The van der Waals surface area contributed by atoms with Gasteiger partial charge in [-0.25, -0.2) is 0 Å². The van der Waals surface area contributed by atoms with Crippen LogP contribution in [0.15, 0.2) is 18.2 Å². The normalized spacial score (nSPS) is 19.8. The summed E-state index contributed by atoms with van der Waals surface area (Å²) in [7, 11) is 2.17. The molecule has 0 saturated heterocycles. The molecule has 1 saturated carbocycles. The molecule has 1 aromatic carbocycles. The number of hydrogen-bond acceptors (Lipinski definition) is 4. The zero-order valence-electron chi connectivity index (χ0n) is 12.2. The van der Waals surface area contributed by atoms with Crippen molar-refractivity contribution >= 4 is 0 Å². The number of benzene rings is 1. The molecule has 0 spiro atoms. The van der Waals surface area contributed by atoms with Crippen molar-refractivity contribution in [3.8, 4) is 11.5 Å². The lowest BCUT2D eigenvalue weighted by molar-refractivity contribution is 0.174. The number of ether oxygens (including phenoxy) is 2. The fourth-order valence-corrected chi connectivity index (χ4v) is 3.29. The molecule has 0 radical (unpaired) electrons. The molecule has 0 bridgehead atoms. The largest absolute Gasteiger partial charge is 0.454 e. The van der Waals surface area contributed by atoms with Gasteiger partial charge in [0.1, 0.15) is 0 Å². The van der Waals surface area contributed by atoms with E-state index in [-0.39, 0.29) is 6.04 Å². The van der Waals surface area contributed by atoms with Gasteiger partial charge in [-0.3, -0.25) is 0 Å². The van der Waals surface area contributed by atoms with Crippen LogP contribution in [-0.2, 0) is 0 Å². The molecule has 1 unspecified atom stereocenters. The lowest BCUT2D eigenvalue weighted by Crippen LogP contribution is -2.32. The maximum absolute atomic E-state index is 6.33. The van der Waals surface area contributed by atoms with Gasteiger partial charge in [-0.05, 0) is 43.5 Å². The summed E-state index contributed by atoms with van der Waals surface area (Å²) in [6.07, 6.45) is 5.55. The summed E-state index contributed by atoms with van der Waals surface area (Å²) >= 11 is 0. The number of nitrogens with zero attached hydrogens (tertiary/aromatic N) is 1. The summed E-state index contributed by atoms with van der Waals surface area (Å²) in [6.45, 7) is 2.37. The minimum absolute atomic E-state index is 0.0240. The quantitative estimate of drug-likeness (QED) is 0.898. The minimum Gasteiger partial charge on any atom is -0.454 e. The minimum atomic E-state index is 0.0240. The van der Waals surface area contributed by atoms with Gasteiger partial charge in [0, 0.05) is 19.1 Å². The molecular formula is C16H24N2O2. The molecule has 3 rings (SSSR count). The highest BCUT2D eigenvalue weighted by molar-refractivity contribution is 5.45. The zero-order valence-corrected chi connectivity index (χ0v) is 12.2. The maximum atomic E-state index is 6.33. The third-order valence-electron chi connectivity index (χ3n) is 4.38. The molecule has 1 heterocycles. The summed E-state index contributed by atoms with van der Waals surface area (Å²) in [5, 5.41) is 0. The average molecular weight is 276 g/mol. The van der Waals surface area contributed by atoms with E-state index in [1.165, 1.54) is 25.7 Å².